The maximum Gasteiger partial charge on any atom is 0.0524 e. The third-order valence-corrected chi connectivity index (χ3v) is 6.34. The molecule has 0 spiro atoms. The standard InChI is InChI=1S/C23H43N3/c1-5-21(4)11-9-7-6-8-10-14-25-15-12-22(13-16-25)18-26-19-23(17-24-26)20(2)3/h17,19-22H,5-16,18H2,1-4H3. The third kappa shape index (κ3) is 7.82. The lowest BCUT2D eigenvalue weighted by atomic mass is 9.96. The molecule has 0 aromatic carbocycles. The summed E-state index contributed by atoms with van der Waals surface area (Å²) in [6, 6.07) is 0. The summed E-state index contributed by atoms with van der Waals surface area (Å²) in [5.74, 6) is 2.32. The SMILES string of the molecule is CCC(C)CCCCCCCN1CCC(Cn2cc(C(C)C)cn2)CC1. The predicted molar refractivity (Wildman–Crippen MR) is 113 cm³/mol. The highest BCUT2D eigenvalue weighted by atomic mass is 15.3. The lowest BCUT2D eigenvalue weighted by Crippen LogP contribution is -2.35. The Morgan fingerprint density at radius 3 is 2.38 bits per heavy atom. The Kier molecular flexibility index (Phi) is 9.74. The van der Waals surface area contributed by atoms with Crippen LogP contribution in [-0.4, -0.2) is 34.3 Å². The molecule has 0 aliphatic carbocycles. The van der Waals surface area contributed by atoms with Crippen LogP contribution in [-0.2, 0) is 6.54 Å². The van der Waals surface area contributed by atoms with Gasteiger partial charge in [0.25, 0.3) is 0 Å². The average molecular weight is 362 g/mol. The molecule has 0 saturated carbocycles. The molecular formula is C23H43N3. The van der Waals surface area contributed by atoms with Crippen molar-refractivity contribution in [3.05, 3.63) is 18.0 Å². The minimum Gasteiger partial charge on any atom is -0.303 e. The van der Waals surface area contributed by atoms with Crippen molar-refractivity contribution in [2.75, 3.05) is 19.6 Å². The molecule has 0 amide bonds. The number of aromatic nitrogens is 2. The van der Waals surface area contributed by atoms with Crippen LogP contribution in [0.2, 0.25) is 0 Å². The molecule has 1 unspecified atom stereocenters. The highest BCUT2D eigenvalue weighted by Crippen LogP contribution is 2.21. The molecule has 26 heavy (non-hydrogen) atoms. The van der Waals surface area contributed by atoms with Crippen LogP contribution in [0.5, 0.6) is 0 Å². The molecule has 3 nitrogen and oxygen atoms in total. The van der Waals surface area contributed by atoms with Crippen molar-refractivity contribution in [3.63, 3.8) is 0 Å². The number of rotatable bonds is 12. The van der Waals surface area contributed by atoms with Crippen molar-refractivity contribution in [1.82, 2.24) is 14.7 Å². The van der Waals surface area contributed by atoms with E-state index < -0.39 is 0 Å². The molecule has 150 valence electrons. The van der Waals surface area contributed by atoms with Gasteiger partial charge in [-0.15, -0.1) is 0 Å². The fourth-order valence-electron chi connectivity index (χ4n) is 4.00. The van der Waals surface area contributed by atoms with E-state index in [-0.39, 0.29) is 0 Å². The first-order chi connectivity index (χ1) is 12.6. The molecular weight excluding hydrogens is 318 g/mol. The van der Waals surface area contributed by atoms with E-state index >= 15 is 0 Å². The summed E-state index contributed by atoms with van der Waals surface area (Å²) in [5.41, 5.74) is 1.37. The quantitative estimate of drug-likeness (QED) is 0.419. The van der Waals surface area contributed by atoms with Crippen LogP contribution in [0.4, 0.5) is 0 Å². The van der Waals surface area contributed by atoms with Gasteiger partial charge in [0.05, 0.1) is 6.20 Å². The first-order valence-corrected chi connectivity index (χ1v) is 11.3. The normalized spacial score (nSPS) is 17.9. The first kappa shape index (κ1) is 21.5. The van der Waals surface area contributed by atoms with Crippen LogP contribution in [0.1, 0.15) is 97.0 Å². The third-order valence-electron chi connectivity index (χ3n) is 6.34. The molecule has 1 fully saturated rings. The van der Waals surface area contributed by atoms with E-state index in [4.69, 9.17) is 0 Å². The molecule has 1 saturated heterocycles. The van der Waals surface area contributed by atoms with Crippen LogP contribution in [0.25, 0.3) is 0 Å². The molecule has 0 bridgehead atoms. The van der Waals surface area contributed by atoms with E-state index in [1.165, 1.54) is 83.0 Å². The molecule has 3 heteroatoms. The van der Waals surface area contributed by atoms with Crippen molar-refractivity contribution < 1.29 is 0 Å². The Labute approximate surface area is 162 Å². The summed E-state index contributed by atoms with van der Waals surface area (Å²) < 4.78 is 2.18. The van der Waals surface area contributed by atoms with Gasteiger partial charge in [0, 0.05) is 12.7 Å². The highest BCUT2D eigenvalue weighted by Gasteiger charge is 2.19. The Bertz CT molecular complexity index is 472. The summed E-state index contributed by atoms with van der Waals surface area (Å²) in [5, 5.41) is 4.55. The smallest absolute Gasteiger partial charge is 0.0524 e. The second-order valence-electron chi connectivity index (χ2n) is 9.01. The summed E-state index contributed by atoms with van der Waals surface area (Å²) in [6.07, 6.45) is 16.9. The van der Waals surface area contributed by atoms with Gasteiger partial charge in [-0.2, -0.15) is 5.10 Å². The molecule has 1 aliphatic rings. The largest absolute Gasteiger partial charge is 0.303 e. The zero-order valence-corrected chi connectivity index (χ0v) is 17.9. The van der Waals surface area contributed by atoms with Crippen molar-refractivity contribution in [2.24, 2.45) is 11.8 Å². The summed E-state index contributed by atoms with van der Waals surface area (Å²) in [6.45, 7) is 14.2. The Hall–Kier alpha value is -0.830. The van der Waals surface area contributed by atoms with Crippen molar-refractivity contribution in [1.29, 1.82) is 0 Å². The first-order valence-electron chi connectivity index (χ1n) is 11.3. The van der Waals surface area contributed by atoms with Gasteiger partial charge < -0.3 is 4.90 Å². The van der Waals surface area contributed by atoms with Gasteiger partial charge in [-0.3, -0.25) is 4.68 Å². The van der Waals surface area contributed by atoms with Crippen LogP contribution < -0.4 is 0 Å². The Balaban J connectivity index is 1.50. The minimum atomic E-state index is 0.584. The lowest BCUT2D eigenvalue weighted by molar-refractivity contribution is 0.168. The Morgan fingerprint density at radius 2 is 1.73 bits per heavy atom. The Morgan fingerprint density at radius 1 is 1.04 bits per heavy atom. The molecule has 2 heterocycles. The number of unbranched alkanes of at least 4 members (excludes halogenated alkanes) is 4. The van der Waals surface area contributed by atoms with Crippen LogP contribution >= 0.6 is 0 Å². The molecule has 0 N–H and O–H groups in total. The molecule has 1 aromatic heterocycles. The topological polar surface area (TPSA) is 21.1 Å². The molecule has 1 aromatic rings. The van der Waals surface area contributed by atoms with E-state index in [0.29, 0.717) is 5.92 Å². The van der Waals surface area contributed by atoms with E-state index in [0.717, 1.165) is 18.4 Å². The van der Waals surface area contributed by atoms with Crippen molar-refractivity contribution in [3.8, 4) is 0 Å². The number of piperidine rings is 1. The van der Waals surface area contributed by atoms with E-state index in [1.54, 1.807) is 0 Å². The van der Waals surface area contributed by atoms with E-state index in [9.17, 15) is 0 Å². The second-order valence-corrected chi connectivity index (χ2v) is 9.01. The monoisotopic (exact) mass is 361 g/mol. The molecule has 0 radical (unpaired) electrons. The zero-order valence-electron chi connectivity index (χ0n) is 17.9. The lowest BCUT2D eigenvalue weighted by Gasteiger charge is -2.31. The maximum absolute atomic E-state index is 4.55. The highest BCUT2D eigenvalue weighted by molar-refractivity contribution is 5.08. The van der Waals surface area contributed by atoms with Crippen LogP contribution in [0, 0.1) is 11.8 Å². The molecule has 1 aliphatic heterocycles. The fourth-order valence-corrected chi connectivity index (χ4v) is 4.00. The summed E-state index contributed by atoms with van der Waals surface area (Å²) in [4.78, 5) is 2.69. The van der Waals surface area contributed by atoms with E-state index in [1.807, 2.05) is 6.20 Å². The van der Waals surface area contributed by atoms with Crippen LogP contribution in [0.3, 0.4) is 0 Å². The van der Waals surface area contributed by atoms with Gasteiger partial charge in [-0.1, -0.05) is 66.2 Å². The minimum absolute atomic E-state index is 0.584. The van der Waals surface area contributed by atoms with Crippen molar-refractivity contribution >= 4 is 0 Å². The summed E-state index contributed by atoms with van der Waals surface area (Å²) in [7, 11) is 0. The summed E-state index contributed by atoms with van der Waals surface area (Å²) >= 11 is 0. The van der Waals surface area contributed by atoms with E-state index in [2.05, 4.69) is 48.6 Å². The zero-order chi connectivity index (χ0) is 18.8. The number of likely N-dealkylation sites (tertiary alicyclic amines) is 1. The fraction of sp³-hybridized carbons (Fsp3) is 0.870. The second kappa shape index (κ2) is 11.8. The molecule has 1 atom stereocenters. The van der Waals surface area contributed by atoms with Gasteiger partial charge in [0.1, 0.15) is 0 Å². The number of nitrogens with zero attached hydrogens (tertiary/aromatic N) is 3. The van der Waals surface area contributed by atoms with Gasteiger partial charge in [-0.25, -0.2) is 0 Å². The molecule has 2 rings (SSSR count). The van der Waals surface area contributed by atoms with Gasteiger partial charge in [0.15, 0.2) is 0 Å². The van der Waals surface area contributed by atoms with Gasteiger partial charge >= 0.3 is 0 Å². The maximum atomic E-state index is 4.55. The van der Waals surface area contributed by atoms with Crippen molar-refractivity contribution in [2.45, 2.75) is 97.9 Å². The number of hydrogen-bond acceptors (Lipinski definition) is 2. The predicted octanol–water partition coefficient (Wildman–Crippen LogP) is 6.11. The van der Waals surface area contributed by atoms with Crippen LogP contribution in [0.15, 0.2) is 12.4 Å². The number of hydrogen-bond donors (Lipinski definition) is 0. The van der Waals surface area contributed by atoms with Gasteiger partial charge in [-0.05, 0) is 62.2 Å². The average Bonchev–Trinajstić information content (AvgIpc) is 3.11. The van der Waals surface area contributed by atoms with Gasteiger partial charge in [0.2, 0.25) is 0 Å².